The highest BCUT2D eigenvalue weighted by molar-refractivity contribution is 5.91. The van der Waals surface area contributed by atoms with Gasteiger partial charge in [-0.3, -0.25) is 0 Å². The molecule has 0 amide bonds. The minimum Gasteiger partial charge on any atom is -0.489 e. The highest BCUT2D eigenvalue weighted by atomic mass is 16.5. The van der Waals surface area contributed by atoms with Crippen molar-refractivity contribution in [3.63, 3.8) is 0 Å². The molecule has 1 aromatic carbocycles. The lowest BCUT2D eigenvalue weighted by molar-refractivity contribution is 0.0600. The third kappa shape index (κ3) is 1.69. The summed E-state index contributed by atoms with van der Waals surface area (Å²) in [5.41, 5.74) is 3.90. The monoisotopic (exact) mass is 218 g/mol. The molecule has 0 spiro atoms. The Morgan fingerprint density at radius 1 is 1.38 bits per heavy atom. The smallest absolute Gasteiger partial charge is 0.337 e. The second-order valence-electron chi connectivity index (χ2n) is 3.90. The minimum atomic E-state index is -0.321. The first-order valence-corrected chi connectivity index (χ1v) is 5.15. The van der Waals surface area contributed by atoms with Crippen LogP contribution in [0, 0.1) is 0 Å². The summed E-state index contributed by atoms with van der Waals surface area (Å²) in [4.78, 5) is 11.4. The summed E-state index contributed by atoms with van der Waals surface area (Å²) in [6, 6.07) is 5.36. The average Bonchev–Trinajstić information content (AvgIpc) is 2.32. The van der Waals surface area contributed by atoms with E-state index in [4.69, 9.17) is 9.47 Å². The van der Waals surface area contributed by atoms with Crippen LogP contribution in [-0.4, -0.2) is 19.7 Å². The zero-order valence-corrected chi connectivity index (χ0v) is 9.66. The van der Waals surface area contributed by atoms with Gasteiger partial charge in [-0.2, -0.15) is 0 Å². The summed E-state index contributed by atoms with van der Waals surface area (Å²) < 4.78 is 10.3. The van der Waals surface area contributed by atoms with Gasteiger partial charge in [0, 0.05) is 5.56 Å². The van der Waals surface area contributed by atoms with E-state index in [0.29, 0.717) is 12.2 Å². The van der Waals surface area contributed by atoms with Gasteiger partial charge in [0.2, 0.25) is 0 Å². The van der Waals surface area contributed by atoms with Crippen molar-refractivity contribution in [2.24, 2.45) is 0 Å². The number of allylic oxidation sites excluding steroid dienone is 1. The maximum atomic E-state index is 11.4. The first kappa shape index (κ1) is 10.7. The molecule has 0 N–H and O–H groups in total. The Balaban J connectivity index is 2.50. The van der Waals surface area contributed by atoms with Crippen LogP contribution in [0.5, 0.6) is 5.75 Å². The normalized spacial score (nSPS) is 14.2. The molecule has 1 heterocycles. The largest absolute Gasteiger partial charge is 0.489 e. The Morgan fingerprint density at radius 2 is 2.12 bits per heavy atom. The zero-order valence-electron chi connectivity index (χ0n) is 9.66. The Morgan fingerprint density at radius 3 is 2.81 bits per heavy atom. The molecule has 0 bridgehead atoms. The molecule has 0 aliphatic carbocycles. The Kier molecular flexibility index (Phi) is 2.69. The molecule has 0 atom stereocenters. The molecule has 0 unspecified atom stereocenters. The lowest BCUT2D eigenvalue weighted by Gasteiger charge is -2.20. The van der Waals surface area contributed by atoms with Crippen molar-refractivity contribution in [1.29, 1.82) is 0 Å². The average molecular weight is 218 g/mol. The van der Waals surface area contributed by atoms with Gasteiger partial charge >= 0.3 is 5.97 Å². The number of ether oxygens (including phenoxy) is 2. The quantitative estimate of drug-likeness (QED) is 0.680. The van der Waals surface area contributed by atoms with Gasteiger partial charge < -0.3 is 9.47 Å². The van der Waals surface area contributed by atoms with Crippen LogP contribution in [-0.2, 0) is 4.74 Å². The van der Waals surface area contributed by atoms with Gasteiger partial charge in [-0.15, -0.1) is 0 Å². The van der Waals surface area contributed by atoms with Crippen molar-refractivity contribution in [2.75, 3.05) is 13.7 Å². The molecule has 0 fully saturated rings. The molecule has 1 aliphatic heterocycles. The van der Waals surface area contributed by atoms with Gasteiger partial charge in [0.05, 0.1) is 12.7 Å². The maximum absolute atomic E-state index is 11.4. The van der Waals surface area contributed by atoms with E-state index in [9.17, 15) is 4.79 Å². The molecule has 2 rings (SSSR count). The fourth-order valence-electron chi connectivity index (χ4n) is 1.72. The highest BCUT2D eigenvalue weighted by Crippen LogP contribution is 2.33. The van der Waals surface area contributed by atoms with E-state index < -0.39 is 0 Å². The second-order valence-corrected chi connectivity index (χ2v) is 3.90. The molecule has 1 aliphatic rings. The van der Waals surface area contributed by atoms with Gasteiger partial charge in [-0.05, 0) is 43.2 Å². The zero-order chi connectivity index (χ0) is 11.7. The van der Waals surface area contributed by atoms with Crippen molar-refractivity contribution in [3.05, 3.63) is 34.9 Å². The molecule has 16 heavy (non-hydrogen) atoms. The third-order valence-electron chi connectivity index (χ3n) is 2.89. The molecule has 0 radical (unpaired) electrons. The topological polar surface area (TPSA) is 35.5 Å². The van der Waals surface area contributed by atoms with Crippen molar-refractivity contribution in [1.82, 2.24) is 0 Å². The Labute approximate surface area is 94.7 Å². The number of benzene rings is 1. The third-order valence-corrected chi connectivity index (χ3v) is 2.89. The molecular weight excluding hydrogens is 204 g/mol. The standard InChI is InChI=1S/C13H14O3/c1-8-7-16-12-5-4-10(13(14)15-3)6-11(12)9(8)2/h4-6H,7H2,1-3H3. The Hall–Kier alpha value is -1.77. The van der Waals surface area contributed by atoms with Crippen LogP contribution in [0.2, 0.25) is 0 Å². The van der Waals surface area contributed by atoms with Crippen LogP contribution in [0.4, 0.5) is 0 Å². The van der Waals surface area contributed by atoms with Gasteiger partial charge in [-0.25, -0.2) is 4.79 Å². The number of carbonyl (C=O) groups is 1. The van der Waals surface area contributed by atoms with Gasteiger partial charge in [-0.1, -0.05) is 0 Å². The van der Waals surface area contributed by atoms with Gasteiger partial charge in [0.1, 0.15) is 12.4 Å². The van der Waals surface area contributed by atoms with Crippen LogP contribution in [0.1, 0.15) is 29.8 Å². The van der Waals surface area contributed by atoms with E-state index in [0.717, 1.165) is 11.3 Å². The summed E-state index contributed by atoms with van der Waals surface area (Å²) >= 11 is 0. The van der Waals surface area contributed by atoms with E-state index in [1.54, 1.807) is 6.07 Å². The molecule has 0 saturated carbocycles. The van der Waals surface area contributed by atoms with Crippen molar-refractivity contribution in [2.45, 2.75) is 13.8 Å². The van der Waals surface area contributed by atoms with Crippen molar-refractivity contribution < 1.29 is 14.3 Å². The molecule has 0 saturated heterocycles. The highest BCUT2D eigenvalue weighted by Gasteiger charge is 2.16. The van der Waals surface area contributed by atoms with E-state index in [2.05, 4.69) is 0 Å². The lowest BCUT2D eigenvalue weighted by atomic mass is 9.97. The SMILES string of the molecule is COC(=O)c1ccc2c(c1)C(C)=C(C)CO2. The van der Waals surface area contributed by atoms with Crippen LogP contribution < -0.4 is 4.74 Å². The molecule has 84 valence electrons. The summed E-state index contributed by atoms with van der Waals surface area (Å²) in [7, 11) is 1.38. The van der Waals surface area contributed by atoms with E-state index >= 15 is 0 Å². The van der Waals surface area contributed by atoms with Crippen LogP contribution in [0.3, 0.4) is 0 Å². The Bertz CT molecular complexity index is 472. The minimum absolute atomic E-state index is 0.321. The lowest BCUT2D eigenvalue weighted by Crippen LogP contribution is -2.10. The first-order chi connectivity index (χ1) is 7.63. The fraction of sp³-hybridized carbons (Fsp3) is 0.308. The summed E-state index contributed by atoms with van der Waals surface area (Å²) in [6.07, 6.45) is 0. The summed E-state index contributed by atoms with van der Waals surface area (Å²) in [5.74, 6) is 0.509. The predicted molar refractivity (Wildman–Crippen MR) is 61.5 cm³/mol. The number of hydrogen-bond acceptors (Lipinski definition) is 3. The van der Waals surface area contributed by atoms with Gasteiger partial charge in [0.25, 0.3) is 0 Å². The number of methoxy groups -OCH3 is 1. The van der Waals surface area contributed by atoms with E-state index in [-0.39, 0.29) is 5.97 Å². The molecule has 0 aromatic heterocycles. The number of esters is 1. The number of rotatable bonds is 1. The van der Waals surface area contributed by atoms with E-state index in [1.165, 1.54) is 18.3 Å². The summed E-state index contributed by atoms with van der Waals surface area (Å²) in [5, 5.41) is 0. The molecule has 3 nitrogen and oxygen atoms in total. The number of hydrogen-bond donors (Lipinski definition) is 0. The molecular formula is C13H14O3. The van der Waals surface area contributed by atoms with Crippen LogP contribution in [0.25, 0.3) is 5.57 Å². The van der Waals surface area contributed by atoms with E-state index in [1.807, 2.05) is 26.0 Å². The molecule has 1 aromatic rings. The number of carbonyl (C=O) groups excluding carboxylic acids is 1. The first-order valence-electron chi connectivity index (χ1n) is 5.15. The molecule has 3 heteroatoms. The van der Waals surface area contributed by atoms with Crippen LogP contribution >= 0.6 is 0 Å². The predicted octanol–water partition coefficient (Wildman–Crippen LogP) is 2.66. The fourth-order valence-corrected chi connectivity index (χ4v) is 1.72. The maximum Gasteiger partial charge on any atom is 0.337 e. The van der Waals surface area contributed by atoms with Gasteiger partial charge in [0.15, 0.2) is 0 Å². The van der Waals surface area contributed by atoms with Crippen molar-refractivity contribution >= 4 is 11.5 Å². The van der Waals surface area contributed by atoms with Crippen LogP contribution in [0.15, 0.2) is 23.8 Å². The summed E-state index contributed by atoms with van der Waals surface area (Å²) in [6.45, 7) is 4.69. The van der Waals surface area contributed by atoms with Crippen molar-refractivity contribution in [3.8, 4) is 5.75 Å². The number of fused-ring (bicyclic) bond motifs is 1. The second kappa shape index (κ2) is 4.00.